The van der Waals surface area contributed by atoms with Gasteiger partial charge >= 0.3 is 0 Å². The topological polar surface area (TPSA) is 66.6 Å². The van der Waals surface area contributed by atoms with Crippen molar-refractivity contribution in [3.05, 3.63) is 0 Å². The number of fused-ring (bicyclic) bond motifs is 1. The van der Waals surface area contributed by atoms with E-state index in [2.05, 4.69) is 16.7 Å². The van der Waals surface area contributed by atoms with Crippen LogP contribution in [0.25, 0.3) is 0 Å². The van der Waals surface area contributed by atoms with Crippen molar-refractivity contribution in [2.24, 2.45) is 5.73 Å². The third kappa shape index (κ3) is 2.68. The molecule has 0 aromatic heterocycles. The van der Waals surface area contributed by atoms with E-state index in [4.69, 9.17) is 5.73 Å². The number of piperidine rings is 1. The molecule has 0 aliphatic carbocycles. The van der Waals surface area contributed by atoms with Gasteiger partial charge in [0.05, 0.1) is 11.5 Å². The molecule has 110 valence electrons. The fourth-order valence-electron chi connectivity index (χ4n) is 4.03. The number of nitrogens with two attached hydrogens (primary N) is 1. The number of piperazine rings is 1. The first kappa shape index (κ1) is 13.8. The Balaban J connectivity index is 1.74. The van der Waals surface area contributed by atoms with Crippen LogP contribution in [-0.4, -0.2) is 73.5 Å². The van der Waals surface area contributed by atoms with E-state index in [0.29, 0.717) is 12.1 Å². The van der Waals surface area contributed by atoms with Crippen LogP contribution >= 0.6 is 0 Å². The number of hydrogen-bond donors (Lipinski definition) is 1. The lowest BCUT2D eigenvalue weighted by atomic mass is 9.95. The average Bonchev–Trinajstić information content (AvgIpc) is 2.62. The second kappa shape index (κ2) is 4.98. The summed E-state index contributed by atoms with van der Waals surface area (Å²) in [6.07, 6.45) is 3.86. The molecular formula is C13H25N3O2S. The summed E-state index contributed by atoms with van der Waals surface area (Å²) in [7, 11) is -2.93. The van der Waals surface area contributed by atoms with Gasteiger partial charge in [0.1, 0.15) is 0 Å². The van der Waals surface area contributed by atoms with E-state index in [1.807, 2.05) is 0 Å². The Morgan fingerprint density at radius 3 is 2.63 bits per heavy atom. The molecule has 0 spiro atoms. The molecule has 3 fully saturated rings. The van der Waals surface area contributed by atoms with E-state index in [-0.39, 0.29) is 23.6 Å². The first-order valence-corrected chi connectivity index (χ1v) is 9.24. The van der Waals surface area contributed by atoms with Crippen LogP contribution in [0.4, 0.5) is 0 Å². The summed E-state index contributed by atoms with van der Waals surface area (Å²) in [5.41, 5.74) is 6.08. The van der Waals surface area contributed by atoms with Crippen molar-refractivity contribution in [2.45, 2.75) is 50.4 Å². The Labute approximate surface area is 116 Å². The van der Waals surface area contributed by atoms with Gasteiger partial charge in [-0.05, 0) is 26.3 Å². The first-order valence-electron chi connectivity index (χ1n) is 7.42. The molecule has 0 bridgehead atoms. The molecule has 3 rings (SSSR count). The first-order chi connectivity index (χ1) is 8.96. The predicted molar refractivity (Wildman–Crippen MR) is 75.8 cm³/mol. The van der Waals surface area contributed by atoms with E-state index in [1.54, 1.807) is 0 Å². The molecule has 0 saturated carbocycles. The largest absolute Gasteiger partial charge is 0.325 e. The lowest BCUT2D eigenvalue weighted by molar-refractivity contribution is -0.00545. The van der Waals surface area contributed by atoms with Gasteiger partial charge in [-0.15, -0.1) is 0 Å². The second-order valence-corrected chi connectivity index (χ2v) is 8.65. The molecule has 3 saturated heterocycles. The molecule has 4 atom stereocenters. The maximum Gasteiger partial charge on any atom is 0.153 e. The van der Waals surface area contributed by atoms with Crippen molar-refractivity contribution >= 4 is 9.84 Å². The Bertz CT molecular complexity index is 439. The standard InChI is InChI=1S/C13H25N3O2S/c1-10-6-15-5-3-2-4-11(15)7-16(10)13-9-19(17,18)8-12(13)14/h10-13H,2-9,14H2,1H3. The number of hydrogen-bond acceptors (Lipinski definition) is 5. The number of rotatable bonds is 1. The van der Waals surface area contributed by atoms with Crippen LogP contribution in [0.1, 0.15) is 26.2 Å². The molecule has 19 heavy (non-hydrogen) atoms. The van der Waals surface area contributed by atoms with Gasteiger partial charge in [0.25, 0.3) is 0 Å². The molecule has 0 aromatic carbocycles. The van der Waals surface area contributed by atoms with Crippen LogP contribution in [0.15, 0.2) is 0 Å². The van der Waals surface area contributed by atoms with Crippen molar-refractivity contribution in [1.82, 2.24) is 9.80 Å². The van der Waals surface area contributed by atoms with Crippen LogP contribution < -0.4 is 5.73 Å². The lowest BCUT2D eigenvalue weighted by Crippen LogP contribution is -2.63. The van der Waals surface area contributed by atoms with Crippen molar-refractivity contribution < 1.29 is 8.42 Å². The highest BCUT2D eigenvalue weighted by Crippen LogP contribution is 2.28. The third-order valence-corrected chi connectivity index (χ3v) is 6.77. The molecular weight excluding hydrogens is 262 g/mol. The average molecular weight is 287 g/mol. The Hall–Kier alpha value is -0.170. The number of sulfone groups is 1. The molecule has 3 heterocycles. The van der Waals surface area contributed by atoms with E-state index >= 15 is 0 Å². The zero-order valence-electron chi connectivity index (χ0n) is 11.7. The van der Waals surface area contributed by atoms with Gasteiger partial charge in [0.15, 0.2) is 9.84 Å². The van der Waals surface area contributed by atoms with Crippen molar-refractivity contribution in [3.8, 4) is 0 Å². The van der Waals surface area contributed by atoms with Gasteiger partial charge in [-0.2, -0.15) is 0 Å². The maximum atomic E-state index is 11.8. The van der Waals surface area contributed by atoms with E-state index in [1.165, 1.54) is 25.8 Å². The quantitative estimate of drug-likeness (QED) is 0.715. The fraction of sp³-hybridized carbons (Fsp3) is 1.00. The molecule has 0 radical (unpaired) electrons. The minimum absolute atomic E-state index is 0.0316. The predicted octanol–water partition coefficient (Wildman–Crippen LogP) is -0.331. The summed E-state index contributed by atoms with van der Waals surface area (Å²) in [6.45, 7) is 5.48. The van der Waals surface area contributed by atoms with Gasteiger partial charge in [-0.3, -0.25) is 9.80 Å². The summed E-state index contributed by atoms with van der Waals surface area (Å²) in [5.74, 6) is 0.417. The minimum atomic E-state index is -2.93. The Morgan fingerprint density at radius 1 is 1.16 bits per heavy atom. The van der Waals surface area contributed by atoms with Crippen LogP contribution in [0, 0.1) is 0 Å². The third-order valence-electron chi connectivity index (χ3n) is 5.03. The van der Waals surface area contributed by atoms with Crippen LogP contribution in [0.3, 0.4) is 0 Å². The molecule has 3 aliphatic heterocycles. The maximum absolute atomic E-state index is 11.8. The molecule has 3 aliphatic rings. The summed E-state index contributed by atoms with van der Waals surface area (Å²) in [5, 5.41) is 0. The summed E-state index contributed by atoms with van der Waals surface area (Å²) in [6, 6.07) is 0.853. The minimum Gasteiger partial charge on any atom is -0.325 e. The van der Waals surface area contributed by atoms with E-state index in [0.717, 1.165) is 13.1 Å². The summed E-state index contributed by atoms with van der Waals surface area (Å²) < 4.78 is 23.5. The molecule has 6 heteroatoms. The monoisotopic (exact) mass is 287 g/mol. The van der Waals surface area contributed by atoms with Gasteiger partial charge in [0.2, 0.25) is 0 Å². The van der Waals surface area contributed by atoms with Crippen molar-refractivity contribution in [1.29, 1.82) is 0 Å². The highest BCUT2D eigenvalue weighted by molar-refractivity contribution is 7.91. The zero-order chi connectivity index (χ0) is 13.6. The number of nitrogens with zero attached hydrogens (tertiary/aromatic N) is 2. The molecule has 4 unspecified atom stereocenters. The molecule has 0 aromatic rings. The second-order valence-electron chi connectivity index (χ2n) is 6.50. The zero-order valence-corrected chi connectivity index (χ0v) is 12.5. The van der Waals surface area contributed by atoms with Crippen LogP contribution in [0.5, 0.6) is 0 Å². The SMILES string of the molecule is CC1CN2CCCCC2CN1C1CS(=O)(=O)CC1N. The molecule has 2 N–H and O–H groups in total. The van der Waals surface area contributed by atoms with Gasteiger partial charge in [0, 0.05) is 37.3 Å². The van der Waals surface area contributed by atoms with E-state index in [9.17, 15) is 8.42 Å². The fourth-order valence-corrected chi connectivity index (χ4v) is 5.94. The summed E-state index contributed by atoms with van der Waals surface area (Å²) in [4.78, 5) is 4.96. The van der Waals surface area contributed by atoms with Gasteiger partial charge < -0.3 is 5.73 Å². The van der Waals surface area contributed by atoms with Crippen LogP contribution in [-0.2, 0) is 9.84 Å². The van der Waals surface area contributed by atoms with Crippen molar-refractivity contribution in [2.75, 3.05) is 31.1 Å². The summed E-state index contributed by atoms with van der Waals surface area (Å²) >= 11 is 0. The Morgan fingerprint density at radius 2 is 1.95 bits per heavy atom. The Kier molecular flexibility index (Phi) is 3.62. The highest BCUT2D eigenvalue weighted by atomic mass is 32.2. The van der Waals surface area contributed by atoms with E-state index < -0.39 is 9.84 Å². The normalized spacial score (nSPS) is 44.1. The van der Waals surface area contributed by atoms with Gasteiger partial charge in [-0.25, -0.2) is 8.42 Å². The lowest BCUT2D eigenvalue weighted by Gasteiger charge is -2.50. The molecule has 0 amide bonds. The van der Waals surface area contributed by atoms with Gasteiger partial charge in [-0.1, -0.05) is 6.42 Å². The van der Waals surface area contributed by atoms with Crippen LogP contribution in [0.2, 0.25) is 0 Å². The highest BCUT2D eigenvalue weighted by Gasteiger charge is 2.44. The van der Waals surface area contributed by atoms with Crippen molar-refractivity contribution in [3.63, 3.8) is 0 Å². The molecule has 5 nitrogen and oxygen atoms in total. The smallest absolute Gasteiger partial charge is 0.153 e.